The molecule has 2 amide bonds. The van der Waals surface area contributed by atoms with Crippen molar-refractivity contribution in [3.8, 4) is 0 Å². The maximum Gasteiger partial charge on any atom is 0.269 e. The van der Waals surface area contributed by atoms with Gasteiger partial charge in [0.05, 0.1) is 23.9 Å². The van der Waals surface area contributed by atoms with Crippen LogP contribution in [0.2, 0.25) is 5.02 Å². The Morgan fingerprint density at radius 3 is 2.50 bits per heavy atom. The number of aromatic nitrogens is 2. The van der Waals surface area contributed by atoms with Crippen LogP contribution in [0.4, 0.5) is 0 Å². The van der Waals surface area contributed by atoms with E-state index in [0.29, 0.717) is 0 Å². The lowest BCUT2D eigenvalue weighted by atomic mass is 10.2. The number of ether oxygens (including phenoxy) is 1. The van der Waals surface area contributed by atoms with E-state index in [-0.39, 0.29) is 48.3 Å². The van der Waals surface area contributed by atoms with Gasteiger partial charge in [-0.15, -0.1) is 0 Å². The molecule has 2 aromatic rings. The third-order valence-corrected chi connectivity index (χ3v) is 6.87. The van der Waals surface area contributed by atoms with Gasteiger partial charge in [-0.25, -0.2) is 8.42 Å². The molecule has 0 unspecified atom stereocenters. The van der Waals surface area contributed by atoms with Gasteiger partial charge in [-0.1, -0.05) is 11.6 Å². The van der Waals surface area contributed by atoms with Gasteiger partial charge < -0.3 is 4.74 Å². The van der Waals surface area contributed by atoms with Gasteiger partial charge in [0.1, 0.15) is 11.4 Å². The summed E-state index contributed by atoms with van der Waals surface area (Å²) in [6.45, 7) is 4.55. The molecule has 1 fully saturated rings. The first kappa shape index (κ1) is 22.2. The van der Waals surface area contributed by atoms with E-state index in [1.54, 1.807) is 0 Å². The zero-order valence-electron chi connectivity index (χ0n) is 16.5. The van der Waals surface area contributed by atoms with Gasteiger partial charge in [0, 0.05) is 24.3 Å². The molecular formula is C18H22ClN5O5S. The number of hydrazine groups is 1. The Balaban J connectivity index is 1.68. The van der Waals surface area contributed by atoms with Crippen LogP contribution in [0.25, 0.3) is 0 Å². The van der Waals surface area contributed by atoms with Crippen LogP contribution in [0.15, 0.2) is 29.2 Å². The quantitative estimate of drug-likeness (QED) is 0.638. The molecule has 2 N–H and O–H groups in total. The number of benzene rings is 1. The van der Waals surface area contributed by atoms with E-state index in [4.69, 9.17) is 16.3 Å². The van der Waals surface area contributed by atoms with E-state index < -0.39 is 21.8 Å². The lowest BCUT2D eigenvalue weighted by Crippen LogP contribution is -2.43. The molecule has 1 aromatic carbocycles. The van der Waals surface area contributed by atoms with E-state index in [0.717, 1.165) is 11.4 Å². The van der Waals surface area contributed by atoms with E-state index in [2.05, 4.69) is 16.0 Å². The van der Waals surface area contributed by atoms with Crippen LogP contribution >= 0.6 is 11.6 Å². The van der Waals surface area contributed by atoms with Crippen LogP contribution in [0.3, 0.4) is 0 Å². The first-order chi connectivity index (χ1) is 14.2. The third kappa shape index (κ3) is 4.98. The van der Waals surface area contributed by atoms with Crippen molar-refractivity contribution in [2.75, 3.05) is 26.3 Å². The molecule has 162 valence electrons. The van der Waals surface area contributed by atoms with Gasteiger partial charge in [-0.2, -0.15) is 9.40 Å². The number of amides is 2. The number of rotatable bonds is 5. The summed E-state index contributed by atoms with van der Waals surface area (Å²) in [4.78, 5) is 24.3. The predicted molar refractivity (Wildman–Crippen MR) is 108 cm³/mol. The Morgan fingerprint density at radius 1 is 1.17 bits per heavy atom. The zero-order chi connectivity index (χ0) is 21.9. The Labute approximate surface area is 179 Å². The molecule has 0 atom stereocenters. The summed E-state index contributed by atoms with van der Waals surface area (Å²) in [5.41, 5.74) is 6.19. The number of aryl methyl sites for hydroxylation is 2. The summed E-state index contributed by atoms with van der Waals surface area (Å²) in [5.74, 6) is -1.16. The summed E-state index contributed by atoms with van der Waals surface area (Å²) in [7, 11) is -3.88. The second-order valence-corrected chi connectivity index (χ2v) is 9.06. The highest BCUT2D eigenvalue weighted by atomic mass is 35.5. The minimum atomic E-state index is -3.88. The SMILES string of the molecule is Cc1cc(C)n(CC(=O)NNC(=O)c2ccc(Cl)c(S(=O)(=O)N3CCOCC3)c2)n1. The molecule has 1 aromatic heterocycles. The smallest absolute Gasteiger partial charge is 0.269 e. The van der Waals surface area contributed by atoms with Crippen LogP contribution in [0.1, 0.15) is 21.7 Å². The molecule has 0 saturated carbocycles. The van der Waals surface area contributed by atoms with Crippen molar-refractivity contribution < 1.29 is 22.7 Å². The zero-order valence-corrected chi connectivity index (χ0v) is 18.1. The maximum absolute atomic E-state index is 12.9. The molecule has 1 aliphatic heterocycles. The van der Waals surface area contributed by atoms with Crippen molar-refractivity contribution >= 4 is 33.4 Å². The lowest BCUT2D eigenvalue weighted by Gasteiger charge is -2.26. The van der Waals surface area contributed by atoms with Gasteiger partial charge in [0.25, 0.3) is 11.8 Å². The molecule has 1 aliphatic rings. The lowest BCUT2D eigenvalue weighted by molar-refractivity contribution is -0.122. The Hall–Kier alpha value is -2.47. The fourth-order valence-electron chi connectivity index (χ4n) is 2.98. The average Bonchev–Trinajstić information content (AvgIpc) is 3.03. The molecule has 30 heavy (non-hydrogen) atoms. The van der Waals surface area contributed by atoms with Crippen LogP contribution in [-0.4, -0.2) is 60.6 Å². The minimum Gasteiger partial charge on any atom is -0.379 e. The fourth-order valence-corrected chi connectivity index (χ4v) is 4.89. The van der Waals surface area contributed by atoms with E-state index >= 15 is 0 Å². The molecule has 10 nitrogen and oxygen atoms in total. The van der Waals surface area contributed by atoms with Crippen molar-refractivity contribution in [3.05, 3.63) is 46.2 Å². The molecular weight excluding hydrogens is 434 g/mol. The fraction of sp³-hybridized carbons (Fsp3) is 0.389. The standard InChI is InChI=1S/C18H22ClN5O5S/c1-12-9-13(2)24(22-12)11-17(25)20-21-18(26)14-3-4-15(19)16(10-14)30(27,28)23-5-7-29-8-6-23/h3-4,9-10H,5-8,11H2,1-2H3,(H,20,25)(H,21,26). The minimum absolute atomic E-state index is 0.00612. The number of nitrogens with one attached hydrogen (secondary N) is 2. The second-order valence-electron chi connectivity index (χ2n) is 6.75. The van der Waals surface area contributed by atoms with Crippen molar-refractivity contribution in [3.63, 3.8) is 0 Å². The predicted octanol–water partition coefficient (Wildman–Crippen LogP) is 0.635. The van der Waals surface area contributed by atoms with Crippen LogP contribution in [0, 0.1) is 13.8 Å². The van der Waals surface area contributed by atoms with Crippen LogP contribution in [0.5, 0.6) is 0 Å². The average molecular weight is 456 g/mol. The summed E-state index contributed by atoms with van der Waals surface area (Å²) < 4.78 is 33.7. The first-order valence-electron chi connectivity index (χ1n) is 9.16. The summed E-state index contributed by atoms with van der Waals surface area (Å²) in [5, 5.41) is 4.18. The number of hydrogen-bond donors (Lipinski definition) is 2. The van der Waals surface area contributed by atoms with Crippen molar-refractivity contribution in [2.24, 2.45) is 0 Å². The number of carbonyl (C=O) groups is 2. The summed E-state index contributed by atoms with van der Waals surface area (Å²) in [6, 6.07) is 5.73. The number of hydrogen-bond acceptors (Lipinski definition) is 6. The Morgan fingerprint density at radius 2 is 1.87 bits per heavy atom. The molecule has 0 bridgehead atoms. The molecule has 3 rings (SSSR count). The van der Waals surface area contributed by atoms with Crippen LogP contribution in [-0.2, 0) is 26.1 Å². The van der Waals surface area contributed by atoms with Crippen molar-refractivity contribution in [2.45, 2.75) is 25.3 Å². The maximum atomic E-state index is 12.9. The van der Waals surface area contributed by atoms with Gasteiger partial charge in [-0.05, 0) is 38.1 Å². The van der Waals surface area contributed by atoms with Gasteiger partial charge in [0.2, 0.25) is 10.0 Å². The van der Waals surface area contributed by atoms with E-state index in [9.17, 15) is 18.0 Å². The van der Waals surface area contributed by atoms with Crippen LogP contribution < -0.4 is 10.9 Å². The number of halogens is 1. The highest BCUT2D eigenvalue weighted by Gasteiger charge is 2.29. The van der Waals surface area contributed by atoms with Gasteiger partial charge in [-0.3, -0.25) is 25.1 Å². The van der Waals surface area contributed by atoms with E-state index in [1.807, 2.05) is 19.9 Å². The topological polar surface area (TPSA) is 123 Å². The second kappa shape index (κ2) is 9.13. The van der Waals surface area contributed by atoms with Gasteiger partial charge >= 0.3 is 0 Å². The van der Waals surface area contributed by atoms with Gasteiger partial charge in [0.15, 0.2) is 0 Å². The van der Waals surface area contributed by atoms with Crippen molar-refractivity contribution in [1.29, 1.82) is 0 Å². The summed E-state index contributed by atoms with van der Waals surface area (Å²) in [6.07, 6.45) is 0. The monoisotopic (exact) mass is 455 g/mol. The Bertz CT molecular complexity index is 1060. The molecule has 12 heteroatoms. The highest BCUT2D eigenvalue weighted by molar-refractivity contribution is 7.89. The summed E-state index contributed by atoms with van der Waals surface area (Å²) >= 11 is 6.09. The molecule has 1 saturated heterocycles. The number of morpholine rings is 1. The molecule has 0 radical (unpaired) electrons. The largest absolute Gasteiger partial charge is 0.379 e. The number of carbonyl (C=O) groups excluding carboxylic acids is 2. The normalized spacial score (nSPS) is 15.0. The highest BCUT2D eigenvalue weighted by Crippen LogP contribution is 2.26. The third-order valence-electron chi connectivity index (χ3n) is 4.49. The number of nitrogens with zero attached hydrogens (tertiary/aromatic N) is 3. The number of sulfonamides is 1. The molecule has 2 heterocycles. The van der Waals surface area contributed by atoms with E-state index in [1.165, 1.54) is 27.2 Å². The first-order valence-corrected chi connectivity index (χ1v) is 11.0. The Kier molecular flexibility index (Phi) is 6.76. The molecule has 0 spiro atoms. The molecule has 0 aliphatic carbocycles. The van der Waals surface area contributed by atoms with Crippen molar-refractivity contribution in [1.82, 2.24) is 24.9 Å².